The molecule has 23 heavy (non-hydrogen) atoms. The van der Waals surface area contributed by atoms with Gasteiger partial charge in [0.05, 0.1) is 5.71 Å². The predicted octanol–water partition coefficient (Wildman–Crippen LogP) is 4.12. The van der Waals surface area contributed by atoms with Crippen LogP contribution in [0, 0.1) is 5.92 Å². The zero-order valence-corrected chi connectivity index (χ0v) is 14.2. The van der Waals surface area contributed by atoms with Gasteiger partial charge in [0.1, 0.15) is 5.75 Å². The summed E-state index contributed by atoms with van der Waals surface area (Å²) in [4.78, 5) is 11.8. The van der Waals surface area contributed by atoms with Crippen molar-refractivity contribution in [1.29, 1.82) is 0 Å². The number of carbonyl (C=O) groups excluding carboxylic acids is 1. The van der Waals surface area contributed by atoms with Crippen molar-refractivity contribution < 1.29 is 9.53 Å². The number of nitrogens with zero attached hydrogens (tertiary/aromatic N) is 1. The Morgan fingerprint density at radius 3 is 2.78 bits per heavy atom. The standard InChI is InChI=1S/C18H21ClN2O2/c1-12(2)14-5-4-13(3)17(10-14)20-21-18(22)11-23-16-8-6-15(19)7-9-16/h4,6-9,14H,1,5,10-11H2,2-3H3,(H,21,22)/b20-17-. The summed E-state index contributed by atoms with van der Waals surface area (Å²) in [6.07, 6.45) is 3.92. The summed E-state index contributed by atoms with van der Waals surface area (Å²) in [5.41, 5.74) is 5.68. The first-order chi connectivity index (χ1) is 11.0. The quantitative estimate of drug-likeness (QED) is 0.651. The van der Waals surface area contributed by atoms with E-state index in [1.54, 1.807) is 24.3 Å². The van der Waals surface area contributed by atoms with E-state index in [2.05, 4.69) is 23.2 Å². The van der Waals surface area contributed by atoms with E-state index in [-0.39, 0.29) is 12.5 Å². The Morgan fingerprint density at radius 1 is 1.43 bits per heavy atom. The van der Waals surface area contributed by atoms with E-state index in [9.17, 15) is 4.79 Å². The summed E-state index contributed by atoms with van der Waals surface area (Å²) in [7, 11) is 0. The summed E-state index contributed by atoms with van der Waals surface area (Å²) in [6.45, 7) is 7.94. The summed E-state index contributed by atoms with van der Waals surface area (Å²) in [6, 6.07) is 6.85. The highest BCUT2D eigenvalue weighted by molar-refractivity contribution is 6.30. The highest BCUT2D eigenvalue weighted by Crippen LogP contribution is 2.26. The van der Waals surface area contributed by atoms with E-state index < -0.39 is 0 Å². The Hall–Kier alpha value is -2.07. The molecule has 2 rings (SSSR count). The van der Waals surface area contributed by atoms with Crippen molar-refractivity contribution in [3.63, 3.8) is 0 Å². The van der Waals surface area contributed by atoms with Crippen LogP contribution in [0.25, 0.3) is 0 Å². The lowest BCUT2D eigenvalue weighted by atomic mass is 9.85. The van der Waals surface area contributed by atoms with Crippen LogP contribution in [-0.4, -0.2) is 18.2 Å². The second-order valence-electron chi connectivity index (χ2n) is 5.71. The van der Waals surface area contributed by atoms with Crippen LogP contribution in [0.15, 0.2) is 53.2 Å². The fourth-order valence-corrected chi connectivity index (χ4v) is 2.39. The van der Waals surface area contributed by atoms with Crippen molar-refractivity contribution in [2.75, 3.05) is 6.61 Å². The third-order valence-corrected chi connectivity index (χ3v) is 4.05. The van der Waals surface area contributed by atoms with E-state index in [1.165, 1.54) is 0 Å². The molecule has 1 aliphatic carbocycles. The van der Waals surface area contributed by atoms with Crippen molar-refractivity contribution in [2.24, 2.45) is 11.0 Å². The van der Waals surface area contributed by atoms with Crippen LogP contribution < -0.4 is 10.2 Å². The van der Waals surface area contributed by atoms with Gasteiger partial charge in [0.25, 0.3) is 5.91 Å². The number of carbonyl (C=O) groups is 1. The number of halogens is 1. The minimum Gasteiger partial charge on any atom is -0.484 e. The molecule has 1 aromatic rings. The number of hydrogen-bond acceptors (Lipinski definition) is 3. The molecule has 0 radical (unpaired) electrons. The molecule has 0 bridgehead atoms. The molecule has 1 N–H and O–H groups in total. The van der Waals surface area contributed by atoms with Crippen LogP contribution in [-0.2, 0) is 4.79 Å². The number of amides is 1. The summed E-state index contributed by atoms with van der Waals surface area (Å²) < 4.78 is 5.38. The van der Waals surface area contributed by atoms with Crippen molar-refractivity contribution in [2.45, 2.75) is 26.7 Å². The summed E-state index contributed by atoms with van der Waals surface area (Å²) in [5, 5.41) is 4.85. The highest BCUT2D eigenvalue weighted by atomic mass is 35.5. The SMILES string of the molecule is C=C(C)C1CC=C(C)/C(=N\NC(=O)COc2ccc(Cl)cc2)C1. The van der Waals surface area contributed by atoms with Gasteiger partial charge in [-0.2, -0.15) is 5.10 Å². The topological polar surface area (TPSA) is 50.7 Å². The van der Waals surface area contributed by atoms with Gasteiger partial charge in [-0.25, -0.2) is 5.43 Å². The molecule has 1 aliphatic rings. The van der Waals surface area contributed by atoms with Crippen molar-refractivity contribution in [3.8, 4) is 5.75 Å². The second kappa shape index (κ2) is 7.97. The first-order valence-electron chi connectivity index (χ1n) is 7.52. The summed E-state index contributed by atoms with van der Waals surface area (Å²) in [5.74, 6) is 0.686. The lowest BCUT2D eigenvalue weighted by molar-refractivity contribution is -0.123. The number of ether oxygens (including phenoxy) is 1. The molecule has 0 heterocycles. The first-order valence-corrected chi connectivity index (χ1v) is 7.90. The van der Waals surface area contributed by atoms with E-state index >= 15 is 0 Å². The van der Waals surface area contributed by atoms with Crippen LogP contribution in [0.3, 0.4) is 0 Å². The lowest BCUT2D eigenvalue weighted by Gasteiger charge is -2.22. The maximum atomic E-state index is 11.8. The molecule has 0 aromatic heterocycles. The van der Waals surface area contributed by atoms with Gasteiger partial charge in [-0.3, -0.25) is 4.79 Å². The monoisotopic (exact) mass is 332 g/mol. The number of benzene rings is 1. The van der Waals surface area contributed by atoms with Crippen molar-refractivity contribution in [1.82, 2.24) is 5.43 Å². The number of hydrazone groups is 1. The van der Waals surface area contributed by atoms with Gasteiger partial charge < -0.3 is 4.74 Å². The average Bonchev–Trinajstić information content (AvgIpc) is 2.53. The van der Waals surface area contributed by atoms with E-state index in [0.29, 0.717) is 16.7 Å². The molecular weight excluding hydrogens is 312 g/mol. The van der Waals surface area contributed by atoms with Gasteiger partial charge in [-0.05, 0) is 62.4 Å². The number of nitrogens with one attached hydrogen (secondary N) is 1. The molecule has 1 amide bonds. The van der Waals surface area contributed by atoms with Crippen LogP contribution in [0.2, 0.25) is 5.02 Å². The Bertz CT molecular complexity index is 647. The molecule has 0 spiro atoms. The highest BCUT2D eigenvalue weighted by Gasteiger charge is 2.18. The van der Waals surface area contributed by atoms with E-state index in [0.717, 1.165) is 29.7 Å². The third-order valence-electron chi connectivity index (χ3n) is 3.80. The average molecular weight is 333 g/mol. The normalized spacial score (nSPS) is 19.2. The molecule has 0 fully saturated rings. The van der Waals surface area contributed by atoms with Gasteiger partial charge in [-0.15, -0.1) is 0 Å². The zero-order chi connectivity index (χ0) is 16.8. The Labute approximate surface area is 141 Å². The first kappa shape index (κ1) is 17.3. The molecule has 1 unspecified atom stereocenters. The van der Waals surface area contributed by atoms with Crippen molar-refractivity contribution in [3.05, 3.63) is 53.1 Å². The van der Waals surface area contributed by atoms with Gasteiger partial charge >= 0.3 is 0 Å². The molecule has 1 atom stereocenters. The van der Waals surface area contributed by atoms with Crippen molar-refractivity contribution >= 4 is 23.2 Å². The second-order valence-corrected chi connectivity index (χ2v) is 6.14. The number of rotatable bonds is 5. The smallest absolute Gasteiger partial charge is 0.277 e. The minimum atomic E-state index is -0.294. The lowest BCUT2D eigenvalue weighted by Crippen LogP contribution is -2.27. The molecular formula is C18H21ClN2O2. The van der Waals surface area contributed by atoms with Gasteiger partial charge in [-0.1, -0.05) is 29.8 Å². The maximum Gasteiger partial charge on any atom is 0.277 e. The molecule has 4 nitrogen and oxygen atoms in total. The molecule has 0 saturated carbocycles. The molecule has 122 valence electrons. The largest absolute Gasteiger partial charge is 0.484 e. The fraction of sp³-hybridized carbons (Fsp3) is 0.333. The molecule has 0 aliphatic heterocycles. The Kier molecular flexibility index (Phi) is 5.99. The fourth-order valence-electron chi connectivity index (χ4n) is 2.27. The van der Waals surface area contributed by atoms with Gasteiger partial charge in [0.2, 0.25) is 0 Å². The van der Waals surface area contributed by atoms with Crippen LogP contribution in [0.1, 0.15) is 26.7 Å². The maximum absolute atomic E-state index is 11.8. The third kappa shape index (κ3) is 5.25. The van der Waals surface area contributed by atoms with Gasteiger partial charge in [0, 0.05) is 5.02 Å². The van der Waals surface area contributed by atoms with Gasteiger partial charge in [0.15, 0.2) is 6.61 Å². The molecule has 0 saturated heterocycles. The predicted molar refractivity (Wildman–Crippen MR) is 93.8 cm³/mol. The summed E-state index contributed by atoms with van der Waals surface area (Å²) >= 11 is 5.79. The number of hydrogen-bond donors (Lipinski definition) is 1. The molecule has 1 aromatic carbocycles. The van der Waals surface area contributed by atoms with Crippen LogP contribution in [0.4, 0.5) is 0 Å². The van der Waals surface area contributed by atoms with E-state index in [1.807, 2.05) is 13.8 Å². The minimum absolute atomic E-state index is 0.0922. The molecule has 5 heteroatoms. The van der Waals surface area contributed by atoms with E-state index in [4.69, 9.17) is 16.3 Å². The zero-order valence-electron chi connectivity index (χ0n) is 13.4. The Morgan fingerprint density at radius 2 is 2.13 bits per heavy atom. The van der Waals surface area contributed by atoms with Crippen LogP contribution in [0.5, 0.6) is 5.75 Å². The van der Waals surface area contributed by atoms with Crippen LogP contribution >= 0.6 is 11.6 Å². The Balaban J connectivity index is 1.87. The number of allylic oxidation sites excluding steroid dienone is 3.